The summed E-state index contributed by atoms with van der Waals surface area (Å²) >= 11 is 1.54. The number of carbonyl (C=O) groups excluding carboxylic acids is 1. The normalized spacial score (nSPS) is 11.6. The monoisotopic (exact) mass is 415 g/mol. The van der Waals surface area contributed by atoms with E-state index in [0.717, 1.165) is 20.4 Å². The number of hydrogen-bond acceptors (Lipinski definition) is 5. The summed E-state index contributed by atoms with van der Waals surface area (Å²) < 4.78 is 26.3. The van der Waals surface area contributed by atoms with Crippen molar-refractivity contribution in [1.29, 1.82) is 0 Å². The molecule has 8 heteroatoms. The molecule has 146 valence electrons. The number of nitrogens with one attached hydrogen (secondary N) is 1. The Morgan fingerprint density at radius 2 is 1.79 bits per heavy atom. The van der Waals surface area contributed by atoms with Crippen molar-refractivity contribution in [2.75, 3.05) is 19.4 Å². The summed E-state index contributed by atoms with van der Waals surface area (Å²) in [6.07, 6.45) is 1.74. The average Bonchev–Trinajstić information content (AvgIpc) is 3.18. The van der Waals surface area contributed by atoms with Crippen LogP contribution >= 0.6 is 11.3 Å². The second-order valence-electron chi connectivity index (χ2n) is 6.57. The highest BCUT2D eigenvalue weighted by molar-refractivity contribution is 7.89. The topological polar surface area (TPSA) is 79.4 Å². The minimum atomic E-state index is -3.64. The Balaban J connectivity index is 1.88. The van der Waals surface area contributed by atoms with E-state index in [1.165, 1.54) is 20.2 Å². The zero-order valence-corrected chi connectivity index (χ0v) is 17.7. The second kappa shape index (κ2) is 7.83. The fourth-order valence-corrected chi connectivity index (χ4v) is 4.55. The maximum atomic E-state index is 12.7. The summed E-state index contributed by atoms with van der Waals surface area (Å²) in [5.74, 6) is -0.361. The smallest absolute Gasteiger partial charge is 0.255 e. The van der Waals surface area contributed by atoms with Gasteiger partial charge in [-0.25, -0.2) is 17.7 Å². The largest absolute Gasteiger partial charge is 0.322 e. The highest BCUT2D eigenvalue weighted by Gasteiger charge is 2.23. The van der Waals surface area contributed by atoms with Gasteiger partial charge < -0.3 is 5.32 Å². The predicted molar refractivity (Wildman–Crippen MR) is 112 cm³/mol. The van der Waals surface area contributed by atoms with Crippen molar-refractivity contribution in [3.63, 3.8) is 0 Å². The third kappa shape index (κ3) is 3.99. The molecule has 0 aliphatic rings. The van der Waals surface area contributed by atoms with E-state index in [2.05, 4.69) is 10.3 Å². The van der Waals surface area contributed by atoms with Gasteiger partial charge in [-0.1, -0.05) is 0 Å². The van der Waals surface area contributed by atoms with Crippen LogP contribution in [0.3, 0.4) is 0 Å². The number of nitrogens with zero attached hydrogens (tertiary/aromatic N) is 2. The number of benzene rings is 2. The molecular formula is C20H21N3O3S2. The van der Waals surface area contributed by atoms with Gasteiger partial charge in [0.1, 0.15) is 5.01 Å². The number of hydrogen-bond donors (Lipinski definition) is 1. The number of aromatic nitrogens is 1. The van der Waals surface area contributed by atoms with Crippen LogP contribution in [-0.2, 0) is 10.0 Å². The molecule has 1 heterocycles. The Bertz CT molecular complexity index is 1100. The highest BCUT2D eigenvalue weighted by atomic mass is 32.2. The lowest BCUT2D eigenvalue weighted by atomic mass is 10.1. The lowest BCUT2D eigenvalue weighted by molar-refractivity contribution is 0.102. The van der Waals surface area contributed by atoms with Crippen LogP contribution in [0.2, 0.25) is 0 Å². The van der Waals surface area contributed by atoms with Crippen molar-refractivity contribution < 1.29 is 13.2 Å². The molecule has 2 aromatic carbocycles. The van der Waals surface area contributed by atoms with Gasteiger partial charge >= 0.3 is 0 Å². The summed E-state index contributed by atoms with van der Waals surface area (Å²) in [6, 6.07) is 10.5. The molecule has 0 fully saturated rings. The van der Waals surface area contributed by atoms with Gasteiger partial charge in [-0.05, 0) is 61.4 Å². The number of carbonyl (C=O) groups is 1. The Labute approximate surface area is 168 Å². The van der Waals surface area contributed by atoms with E-state index in [1.807, 2.05) is 17.5 Å². The molecule has 3 aromatic rings. The number of sulfonamides is 1. The van der Waals surface area contributed by atoms with Crippen molar-refractivity contribution >= 4 is 33.0 Å². The number of amides is 1. The molecule has 0 bridgehead atoms. The van der Waals surface area contributed by atoms with Gasteiger partial charge in [-0.2, -0.15) is 0 Å². The molecule has 0 aliphatic heterocycles. The summed E-state index contributed by atoms with van der Waals surface area (Å²) in [4.78, 5) is 17.1. The maximum Gasteiger partial charge on any atom is 0.255 e. The van der Waals surface area contributed by atoms with Crippen LogP contribution in [-0.4, -0.2) is 37.7 Å². The lowest BCUT2D eigenvalue weighted by Crippen LogP contribution is -2.24. The van der Waals surface area contributed by atoms with Crippen molar-refractivity contribution in [2.24, 2.45) is 0 Å². The SMILES string of the molecule is Cc1cc(C(=O)Nc2ccc(-c3nccs3)cc2)cc(S(=O)(=O)N(C)C)c1C. The fourth-order valence-electron chi connectivity index (χ4n) is 2.69. The Morgan fingerprint density at radius 1 is 1.11 bits per heavy atom. The zero-order chi connectivity index (χ0) is 20.5. The molecule has 0 atom stereocenters. The van der Waals surface area contributed by atoms with Crippen LogP contribution in [0.5, 0.6) is 0 Å². The fraction of sp³-hybridized carbons (Fsp3) is 0.200. The molecule has 1 aromatic heterocycles. The van der Waals surface area contributed by atoms with Gasteiger partial charge in [0.2, 0.25) is 10.0 Å². The minimum absolute atomic E-state index is 0.141. The third-order valence-corrected chi connectivity index (χ3v) is 7.23. The van der Waals surface area contributed by atoms with Crippen LogP contribution in [0.25, 0.3) is 10.6 Å². The van der Waals surface area contributed by atoms with E-state index in [9.17, 15) is 13.2 Å². The van der Waals surface area contributed by atoms with Gasteiger partial charge in [-0.3, -0.25) is 4.79 Å². The molecule has 0 radical (unpaired) electrons. The maximum absolute atomic E-state index is 12.7. The quantitative estimate of drug-likeness (QED) is 0.685. The number of thiazole rings is 1. The van der Waals surface area contributed by atoms with Crippen LogP contribution in [0.15, 0.2) is 52.9 Å². The molecular weight excluding hydrogens is 394 g/mol. The standard InChI is InChI=1S/C20H21N3O3S2/c1-13-11-16(12-18(14(13)2)28(25,26)23(3)4)19(24)22-17-7-5-15(6-8-17)20-21-9-10-27-20/h5-12H,1-4H3,(H,22,24). The first-order chi connectivity index (χ1) is 13.2. The minimum Gasteiger partial charge on any atom is -0.322 e. The van der Waals surface area contributed by atoms with Crippen molar-refractivity contribution in [2.45, 2.75) is 18.7 Å². The molecule has 6 nitrogen and oxygen atoms in total. The first-order valence-corrected chi connectivity index (χ1v) is 10.9. The lowest BCUT2D eigenvalue weighted by Gasteiger charge is -2.16. The molecule has 0 spiro atoms. The Kier molecular flexibility index (Phi) is 5.64. The van der Waals surface area contributed by atoms with Gasteiger partial charge in [0, 0.05) is 42.5 Å². The molecule has 0 saturated carbocycles. The highest BCUT2D eigenvalue weighted by Crippen LogP contribution is 2.25. The number of anilines is 1. The number of aryl methyl sites for hydroxylation is 1. The first-order valence-electron chi connectivity index (χ1n) is 8.55. The molecule has 3 rings (SSSR count). The van der Waals surface area contributed by atoms with Crippen LogP contribution < -0.4 is 5.32 Å². The summed E-state index contributed by atoms with van der Waals surface area (Å²) in [5.41, 5.74) is 3.27. The van der Waals surface area contributed by atoms with Crippen LogP contribution in [0.1, 0.15) is 21.5 Å². The van der Waals surface area contributed by atoms with E-state index in [1.54, 1.807) is 49.6 Å². The molecule has 0 saturated heterocycles. The van der Waals surface area contributed by atoms with Crippen LogP contribution in [0.4, 0.5) is 5.69 Å². The molecule has 0 aliphatic carbocycles. The van der Waals surface area contributed by atoms with E-state index in [-0.39, 0.29) is 10.8 Å². The third-order valence-electron chi connectivity index (χ3n) is 4.46. The van der Waals surface area contributed by atoms with Crippen molar-refractivity contribution in [3.8, 4) is 10.6 Å². The molecule has 1 amide bonds. The first kappa shape index (κ1) is 20.2. The average molecular weight is 416 g/mol. The van der Waals surface area contributed by atoms with E-state index >= 15 is 0 Å². The van der Waals surface area contributed by atoms with E-state index < -0.39 is 10.0 Å². The van der Waals surface area contributed by atoms with Crippen molar-refractivity contribution in [3.05, 3.63) is 64.7 Å². The van der Waals surface area contributed by atoms with E-state index in [0.29, 0.717) is 16.8 Å². The van der Waals surface area contributed by atoms with E-state index in [4.69, 9.17) is 0 Å². The Hall–Kier alpha value is -2.55. The summed E-state index contributed by atoms with van der Waals surface area (Å²) in [7, 11) is -0.696. The zero-order valence-electron chi connectivity index (χ0n) is 16.1. The van der Waals surface area contributed by atoms with Crippen molar-refractivity contribution in [1.82, 2.24) is 9.29 Å². The van der Waals surface area contributed by atoms with Gasteiger partial charge in [-0.15, -0.1) is 11.3 Å². The van der Waals surface area contributed by atoms with Gasteiger partial charge in [0.25, 0.3) is 5.91 Å². The second-order valence-corrected chi connectivity index (χ2v) is 9.59. The molecule has 0 unspecified atom stereocenters. The predicted octanol–water partition coefficient (Wildman–Crippen LogP) is 3.93. The Morgan fingerprint density at radius 3 is 2.36 bits per heavy atom. The summed E-state index contributed by atoms with van der Waals surface area (Å²) in [5, 5.41) is 5.64. The molecule has 1 N–H and O–H groups in total. The molecule has 28 heavy (non-hydrogen) atoms. The summed E-state index contributed by atoms with van der Waals surface area (Å²) in [6.45, 7) is 3.54. The van der Waals surface area contributed by atoms with Crippen LogP contribution in [0, 0.1) is 13.8 Å². The van der Waals surface area contributed by atoms with Gasteiger partial charge in [0.15, 0.2) is 0 Å². The van der Waals surface area contributed by atoms with Gasteiger partial charge in [0.05, 0.1) is 4.90 Å². The number of rotatable bonds is 5.